The number of amides is 1. The van der Waals surface area contributed by atoms with Gasteiger partial charge in [0, 0.05) is 38.4 Å². The van der Waals surface area contributed by atoms with Crippen molar-refractivity contribution in [3.8, 4) is 0 Å². The molecule has 3 heterocycles. The molecule has 0 spiro atoms. The van der Waals surface area contributed by atoms with Gasteiger partial charge in [-0.3, -0.25) is 9.69 Å². The minimum Gasteiger partial charge on any atom is -0.337 e. The molecular formula is C16H24N4O. The van der Waals surface area contributed by atoms with Gasteiger partial charge in [-0.05, 0) is 32.6 Å². The molecule has 1 unspecified atom stereocenters. The highest BCUT2D eigenvalue weighted by molar-refractivity contribution is 5.92. The molecule has 1 saturated carbocycles. The molecule has 0 N–H and O–H groups in total. The molecule has 2 aliphatic heterocycles. The number of carbonyl (C=O) groups is 1. The van der Waals surface area contributed by atoms with Crippen molar-refractivity contribution >= 4 is 5.91 Å². The second-order valence-corrected chi connectivity index (χ2v) is 6.68. The van der Waals surface area contributed by atoms with E-state index in [0.29, 0.717) is 11.7 Å². The summed E-state index contributed by atoms with van der Waals surface area (Å²) in [6, 6.07) is 1.08. The summed E-state index contributed by atoms with van der Waals surface area (Å²) in [5.74, 6) is 1.20. The summed E-state index contributed by atoms with van der Waals surface area (Å²) in [5, 5.41) is 0. The van der Waals surface area contributed by atoms with Gasteiger partial charge in [0.15, 0.2) is 0 Å². The van der Waals surface area contributed by atoms with E-state index in [9.17, 15) is 4.79 Å². The van der Waals surface area contributed by atoms with E-state index in [2.05, 4.69) is 16.4 Å². The lowest BCUT2D eigenvalue weighted by Crippen LogP contribution is -2.46. The number of hydrogen-bond acceptors (Lipinski definition) is 3. The van der Waals surface area contributed by atoms with Crippen molar-refractivity contribution in [2.75, 3.05) is 19.6 Å². The van der Waals surface area contributed by atoms with E-state index < -0.39 is 0 Å². The van der Waals surface area contributed by atoms with Crippen molar-refractivity contribution in [1.29, 1.82) is 0 Å². The Hall–Kier alpha value is -1.36. The maximum absolute atomic E-state index is 12.5. The molecule has 0 bridgehead atoms. The van der Waals surface area contributed by atoms with Crippen molar-refractivity contribution in [2.45, 2.75) is 57.7 Å². The molecule has 1 amide bonds. The molecule has 0 radical (unpaired) electrons. The number of nitrogens with zero attached hydrogens (tertiary/aromatic N) is 4. The summed E-state index contributed by atoms with van der Waals surface area (Å²) in [7, 11) is 0. The summed E-state index contributed by atoms with van der Waals surface area (Å²) in [5.41, 5.74) is 0.647. The predicted octanol–water partition coefficient (Wildman–Crippen LogP) is 2.05. The lowest BCUT2D eigenvalue weighted by Gasteiger charge is -2.43. The van der Waals surface area contributed by atoms with Gasteiger partial charge in [0.2, 0.25) is 0 Å². The van der Waals surface area contributed by atoms with E-state index in [1.54, 1.807) is 0 Å². The zero-order chi connectivity index (χ0) is 14.4. The lowest BCUT2D eigenvalue weighted by atomic mass is 9.90. The fourth-order valence-electron chi connectivity index (χ4n) is 3.91. The van der Waals surface area contributed by atoms with Crippen LogP contribution in [0.4, 0.5) is 0 Å². The van der Waals surface area contributed by atoms with Gasteiger partial charge in [0.25, 0.3) is 5.91 Å². The monoisotopic (exact) mass is 288 g/mol. The fourth-order valence-corrected chi connectivity index (χ4v) is 3.91. The Balaban J connectivity index is 1.56. The minimum atomic E-state index is 0.122. The molecule has 1 aromatic rings. The number of likely N-dealkylation sites (tertiary alicyclic amines) is 1. The van der Waals surface area contributed by atoms with Crippen LogP contribution in [-0.4, -0.2) is 50.9 Å². The highest BCUT2D eigenvalue weighted by atomic mass is 16.2. The number of hydrogen-bond donors (Lipinski definition) is 0. The van der Waals surface area contributed by atoms with Crippen LogP contribution in [0.2, 0.25) is 0 Å². The van der Waals surface area contributed by atoms with Crippen LogP contribution in [0.1, 0.15) is 61.4 Å². The van der Waals surface area contributed by atoms with Crippen LogP contribution in [0.25, 0.3) is 0 Å². The lowest BCUT2D eigenvalue weighted by molar-refractivity contribution is 0.0614. The fraction of sp³-hybridized carbons (Fsp3) is 0.750. The molecule has 21 heavy (non-hydrogen) atoms. The molecule has 114 valence electrons. The Morgan fingerprint density at radius 2 is 1.90 bits per heavy atom. The second-order valence-electron chi connectivity index (χ2n) is 6.68. The SMILES string of the molecule is CC1c2nc(C(=O)N3CCCC3)cn2CCN1C1CCC1. The minimum absolute atomic E-state index is 0.122. The van der Waals surface area contributed by atoms with Gasteiger partial charge in [-0.2, -0.15) is 0 Å². The van der Waals surface area contributed by atoms with Gasteiger partial charge in [0.05, 0.1) is 6.04 Å². The Morgan fingerprint density at radius 1 is 1.14 bits per heavy atom. The first kappa shape index (κ1) is 13.3. The van der Waals surface area contributed by atoms with Crippen LogP contribution >= 0.6 is 0 Å². The van der Waals surface area contributed by atoms with Crippen molar-refractivity contribution in [1.82, 2.24) is 19.4 Å². The van der Waals surface area contributed by atoms with Crippen molar-refractivity contribution in [3.05, 3.63) is 17.7 Å². The van der Waals surface area contributed by atoms with Gasteiger partial charge in [-0.15, -0.1) is 0 Å². The van der Waals surface area contributed by atoms with E-state index >= 15 is 0 Å². The molecule has 1 atom stereocenters. The van der Waals surface area contributed by atoms with Gasteiger partial charge >= 0.3 is 0 Å². The zero-order valence-corrected chi connectivity index (χ0v) is 12.8. The van der Waals surface area contributed by atoms with Crippen LogP contribution in [0.15, 0.2) is 6.20 Å². The van der Waals surface area contributed by atoms with E-state index in [0.717, 1.165) is 50.9 Å². The normalized spacial score (nSPS) is 26.7. The van der Waals surface area contributed by atoms with Crippen LogP contribution in [-0.2, 0) is 6.54 Å². The number of aromatic nitrogens is 2. The molecule has 1 saturated heterocycles. The van der Waals surface area contributed by atoms with Crippen molar-refractivity contribution in [3.63, 3.8) is 0 Å². The van der Waals surface area contributed by atoms with Crippen LogP contribution in [0.3, 0.4) is 0 Å². The topological polar surface area (TPSA) is 41.4 Å². The summed E-state index contributed by atoms with van der Waals surface area (Å²) >= 11 is 0. The predicted molar refractivity (Wildman–Crippen MR) is 80.1 cm³/mol. The molecule has 5 nitrogen and oxygen atoms in total. The second kappa shape index (κ2) is 5.13. The third-order valence-electron chi connectivity index (χ3n) is 5.43. The molecule has 2 fully saturated rings. The molecule has 0 aromatic carbocycles. The van der Waals surface area contributed by atoms with E-state index in [1.165, 1.54) is 19.3 Å². The maximum Gasteiger partial charge on any atom is 0.274 e. The van der Waals surface area contributed by atoms with Crippen molar-refractivity contribution < 1.29 is 4.79 Å². The first-order valence-electron chi connectivity index (χ1n) is 8.36. The van der Waals surface area contributed by atoms with Crippen LogP contribution in [0, 0.1) is 0 Å². The van der Waals surface area contributed by atoms with Crippen LogP contribution < -0.4 is 0 Å². The summed E-state index contributed by atoms with van der Waals surface area (Å²) in [6.45, 7) is 6.08. The smallest absolute Gasteiger partial charge is 0.274 e. The number of rotatable bonds is 2. The Bertz CT molecular complexity index is 542. The highest BCUT2D eigenvalue weighted by Gasteiger charge is 2.35. The number of fused-ring (bicyclic) bond motifs is 1. The number of imidazole rings is 1. The molecular weight excluding hydrogens is 264 g/mol. The summed E-state index contributed by atoms with van der Waals surface area (Å²) in [6.07, 6.45) is 8.25. The zero-order valence-electron chi connectivity index (χ0n) is 12.8. The summed E-state index contributed by atoms with van der Waals surface area (Å²) in [4.78, 5) is 21.7. The average Bonchev–Trinajstić information content (AvgIpc) is 3.07. The van der Waals surface area contributed by atoms with Gasteiger partial charge in [-0.1, -0.05) is 6.42 Å². The summed E-state index contributed by atoms with van der Waals surface area (Å²) < 4.78 is 2.20. The first-order valence-corrected chi connectivity index (χ1v) is 8.36. The third kappa shape index (κ3) is 2.18. The Kier molecular flexibility index (Phi) is 3.25. The van der Waals surface area contributed by atoms with E-state index in [1.807, 2.05) is 11.1 Å². The molecule has 1 aromatic heterocycles. The number of carbonyl (C=O) groups excluding carboxylic acids is 1. The third-order valence-corrected chi connectivity index (χ3v) is 5.43. The first-order chi connectivity index (χ1) is 10.2. The van der Waals surface area contributed by atoms with Gasteiger partial charge in [0.1, 0.15) is 11.5 Å². The quantitative estimate of drug-likeness (QED) is 0.836. The van der Waals surface area contributed by atoms with Gasteiger partial charge < -0.3 is 9.47 Å². The maximum atomic E-state index is 12.5. The molecule has 3 aliphatic rings. The highest BCUT2D eigenvalue weighted by Crippen LogP contribution is 2.34. The Morgan fingerprint density at radius 3 is 2.57 bits per heavy atom. The Labute approximate surface area is 125 Å². The standard InChI is InChI=1S/C16H24N4O/c1-12-15-17-14(16(21)18-7-2-3-8-18)11-19(15)9-10-20(12)13-5-4-6-13/h11-13H,2-10H2,1H3. The molecule has 1 aliphatic carbocycles. The van der Waals surface area contributed by atoms with E-state index in [4.69, 9.17) is 4.98 Å². The van der Waals surface area contributed by atoms with E-state index in [-0.39, 0.29) is 5.91 Å². The van der Waals surface area contributed by atoms with Crippen LogP contribution in [0.5, 0.6) is 0 Å². The molecule has 4 rings (SSSR count). The van der Waals surface area contributed by atoms with Crippen molar-refractivity contribution in [2.24, 2.45) is 0 Å². The average molecular weight is 288 g/mol. The molecule has 5 heteroatoms. The largest absolute Gasteiger partial charge is 0.337 e. The van der Waals surface area contributed by atoms with Gasteiger partial charge in [-0.25, -0.2) is 4.98 Å².